The Morgan fingerprint density at radius 2 is 1.10 bits per heavy atom. The molecule has 0 saturated carbocycles. The quantitative estimate of drug-likeness (QED) is 0.253. The van der Waals surface area contributed by atoms with Gasteiger partial charge < -0.3 is 0 Å². The molecule has 2 atom stereocenters. The first-order valence-corrected chi connectivity index (χ1v) is 14.2. The molecule has 2 nitrogen and oxygen atoms in total. The van der Waals surface area contributed by atoms with Gasteiger partial charge in [0.2, 0.25) is 0 Å². The molecule has 2 aromatic rings. The van der Waals surface area contributed by atoms with E-state index in [0.29, 0.717) is 0 Å². The topological polar surface area (TPSA) is 52.0 Å². The Morgan fingerprint density at radius 3 is 1.45 bits per heavy atom. The predicted molar refractivity (Wildman–Crippen MR) is 141 cm³/mol. The molecule has 0 spiro atoms. The molecule has 3 heteroatoms. The van der Waals surface area contributed by atoms with Crippen molar-refractivity contribution in [2.45, 2.75) is 91.9 Å². The van der Waals surface area contributed by atoms with E-state index in [9.17, 15) is 0 Å². The van der Waals surface area contributed by atoms with Crippen molar-refractivity contribution >= 4 is 35.3 Å². The normalized spacial score (nSPS) is 13.3. The second-order valence-electron chi connectivity index (χ2n) is 9.01. The summed E-state index contributed by atoms with van der Waals surface area (Å²) in [6, 6.07) is 13.0. The van der Waals surface area contributed by atoms with Crippen LogP contribution in [0.3, 0.4) is 0 Å². The molecule has 0 aliphatic heterocycles. The summed E-state index contributed by atoms with van der Waals surface area (Å²) in [5.41, 5.74) is 17.9. The van der Waals surface area contributed by atoms with Crippen LogP contribution in [-0.4, -0.2) is 15.0 Å². The molecule has 2 rings (SSSR count). The van der Waals surface area contributed by atoms with Crippen LogP contribution in [0.15, 0.2) is 36.4 Å². The second-order valence-corrected chi connectivity index (χ2v) is 11.2. The zero-order chi connectivity index (χ0) is 22.6. The number of hydrogen-bond acceptors (Lipinski definition) is 2. The molecule has 0 aliphatic carbocycles. The van der Waals surface area contributed by atoms with Gasteiger partial charge in [-0.25, -0.2) is 0 Å². The maximum atomic E-state index is 6.55. The van der Waals surface area contributed by atoms with E-state index in [1.165, 1.54) is 71.4 Å². The van der Waals surface area contributed by atoms with E-state index in [-0.39, 0.29) is 15.0 Å². The molecule has 172 valence electrons. The van der Waals surface area contributed by atoms with Gasteiger partial charge in [-0.3, -0.25) is 0 Å². The Morgan fingerprint density at radius 1 is 0.677 bits per heavy atom. The van der Waals surface area contributed by atoms with Crippen molar-refractivity contribution in [1.29, 1.82) is 0 Å². The minimum atomic E-state index is 0.132. The van der Waals surface area contributed by atoms with Crippen LogP contribution in [0.1, 0.15) is 90.2 Å². The van der Waals surface area contributed by atoms with Crippen molar-refractivity contribution in [2.24, 2.45) is 11.8 Å². The van der Waals surface area contributed by atoms with E-state index in [1.54, 1.807) is 0 Å². The molecule has 0 radical (unpaired) electrons. The standard InChI is InChI=1S/C28H44N2Se/c1-5-9-13-21(7-3)19-23-15-11-17-25(29)27(23)31-28-24(16-12-18-26(28)30)20-22(8-4)14-10-6-2/h11-12,15-18,21-22H,5-10,13-14,19-20,29-30H2,1-4H3. The summed E-state index contributed by atoms with van der Waals surface area (Å²) >= 11 is 0.132. The Hall–Kier alpha value is -1.44. The van der Waals surface area contributed by atoms with Gasteiger partial charge in [0.15, 0.2) is 0 Å². The first-order valence-electron chi connectivity index (χ1n) is 12.5. The Labute approximate surface area is 197 Å². The molecule has 0 aliphatic rings. The monoisotopic (exact) mass is 488 g/mol. The van der Waals surface area contributed by atoms with Crippen LogP contribution < -0.4 is 20.4 Å². The molecule has 31 heavy (non-hydrogen) atoms. The van der Waals surface area contributed by atoms with E-state index in [0.717, 1.165) is 36.1 Å². The van der Waals surface area contributed by atoms with Gasteiger partial charge in [-0.15, -0.1) is 0 Å². The van der Waals surface area contributed by atoms with Gasteiger partial charge in [-0.2, -0.15) is 0 Å². The Bertz CT molecular complexity index is 721. The first-order chi connectivity index (χ1) is 15.0. The number of unbranched alkanes of at least 4 members (excludes halogenated alkanes) is 2. The van der Waals surface area contributed by atoms with Gasteiger partial charge >= 0.3 is 198 Å². The van der Waals surface area contributed by atoms with Crippen LogP contribution in [0.2, 0.25) is 0 Å². The number of rotatable bonds is 14. The van der Waals surface area contributed by atoms with Crippen molar-refractivity contribution in [2.75, 3.05) is 11.5 Å². The van der Waals surface area contributed by atoms with Crippen molar-refractivity contribution in [3.8, 4) is 0 Å². The molecule has 0 bridgehead atoms. The average Bonchev–Trinajstić information content (AvgIpc) is 2.77. The number of nitrogen functional groups attached to an aromatic ring is 2. The van der Waals surface area contributed by atoms with Crippen LogP contribution in [0.5, 0.6) is 0 Å². The Balaban J connectivity index is 2.31. The van der Waals surface area contributed by atoms with E-state index in [1.807, 2.05) is 0 Å². The van der Waals surface area contributed by atoms with Crippen LogP contribution >= 0.6 is 0 Å². The fourth-order valence-electron chi connectivity index (χ4n) is 4.39. The summed E-state index contributed by atoms with van der Waals surface area (Å²) in [5.74, 6) is 1.48. The van der Waals surface area contributed by atoms with Crippen LogP contribution in [0.4, 0.5) is 11.4 Å². The molecule has 2 unspecified atom stereocenters. The summed E-state index contributed by atoms with van der Waals surface area (Å²) < 4.78 is 2.71. The summed E-state index contributed by atoms with van der Waals surface area (Å²) in [5, 5.41) is 0. The maximum absolute atomic E-state index is 6.55. The second kappa shape index (κ2) is 13.9. The third-order valence-electron chi connectivity index (χ3n) is 6.56. The fraction of sp³-hybridized carbons (Fsp3) is 0.571. The molecule has 0 amide bonds. The fourth-order valence-corrected chi connectivity index (χ4v) is 6.78. The molecular formula is C28H44N2Se. The van der Waals surface area contributed by atoms with Crippen molar-refractivity contribution in [3.05, 3.63) is 47.5 Å². The van der Waals surface area contributed by atoms with Gasteiger partial charge in [0.25, 0.3) is 0 Å². The SMILES string of the molecule is CCCCC(CC)Cc1cccc(N)c1[Se]c1c(N)cccc1CC(CC)CCCC. The number of benzene rings is 2. The van der Waals surface area contributed by atoms with E-state index in [2.05, 4.69) is 64.1 Å². The summed E-state index contributed by atoms with van der Waals surface area (Å²) in [4.78, 5) is 0. The van der Waals surface area contributed by atoms with Crippen molar-refractivity contribution in [3.63, 3.8) is 0 Å². The zero-order valence-electron chi connectivity index (χ0n) is 20.3. The zero-order valence-corrected chi connectivity index (χ0v) is 22.0. The van der Waals surface area contributed by atoms with E-state index >= 15 is 0 Å². The molecule has 0 saturated heterocycles. The third kappa shape index (κ3) is 7.88. The molecular weight excluding hydrogens is 443 g/mol. The molecule has 2 aromatic carbocycles. The van der Waals surface area contributed by atoms with Gasteiger partial charge in [0, 0.05) is 0 Å². The van der Waals surface area contributed by atoms with Crippen molar-refractivity contribution in [1.82, 2.24) is 0 Å². The number of nitrogens with two attached hydrogens (primary N) is 2. The molecule has 0 heterocycles. The summed E-state index contributed by atoms with van der Waals surface area (Å²) in [6.45, 7) is 9.22. The molecule has 0 aromatic heterocycles. The van der Waals surface area contributed by atoms with Crippen LogP contribution in [0, 0.1) is 11.8 Å². The first kappa shape index (κ1) is 25.8. The van der Waals surface area contributed by atoms with Gasteiger partial charge in [0.05, 0.1) is 0 Å². The van der Waals surface area contributed by atoms with Crippen LogP contribution in [-0.2, 0) is 12.8 Å². The van der Waals surface area contributed by atoms with Crippen molar-refractivity contribution < 1.29 is 0 Å². The third-order valence-corrected chi connectivity index (χ3v) is 9.51. The van der Waals surface area contributed by atoms with Crippen LogP contribution in [0.25, 0.3) is 0 Å². The number of anilines is 2. The van der Waals surface area contributed by atoms with E-state index < -0.39 is 0 Å². The van der Waals surface area contributed by atoms with Gasteiger partial charge in [-0.1, -0.05) is 0 Å². The molecule has 0 fully saturated rings. The van der Waals surface area contributed by atoms with Gasteiger partial charge in [0.1, 0.15) is 0 Å². The summed E-state index contributed by atoms with van der Waals surface area (Å²) in [7, 11) is 0. The summed E-state index contributed by atoms with van der Waals surface area (Å²) in [6.07, 6.45) is 12.5. The predicted octanol–water partition coefficient (Wildman–Crippen LogP) is 6.02. The molecule has 4 N–H and O–H groups in total. The number of hydrogen-bond donors (Lipinski definition) is 2. The minimum absolute atomic E-state index is 0.132. The average molecular weight is 488 g/mol. The Kier molecular flexibility index (Phi) is 11.5. The van der Waals surface area contributed by atoms with Gasteiger partial charge in [-0.05, 0) is 0 Å². The van der Waals surface area contributed by atoms with E-state index in [4.69, 9.17) is 11.5 Å².